The van der Waals surface area contributed by atoms with Crippen molar-refractivity contribution in [3.8, 4) is 10.6 Å². The summed E-state index contributed by atoms with van der Waals surface area (Å²) >= 11 is 1.39. The number of esters is 1. The van der Waals surface area contributed by atoms with Crippen LogP contribution < -0.4 is 5.32 Å². The van der Waals surface area contributed by atoms with Crippen LogP contribution in [-0.4, -0.2) is 30.0 Å². The number of halogens is 1. The highest BCUT2D eigenvalue weighted by Gasteiger charge is 2.23. The molecule has 1 N–H and O–H groups in total. The van der Waals surface area contributed by atoms with Gasteiger partial charge in [0.2, 0.25) is 5.91 Å². The van der Waals surface area contributed by atoms with Gasteiger partial charge in [-0.15, -0.1) is 11.3 Å². The van der Waals surface area contributed by atoms with Gasteiger partial charge in [0.15, 0.2) is 0 Å². The van der Waals surface area contributed by atoms with Gasteiger partial charge in [0.05, 0.1) is 19.2 Å². The maximum Gasteiger partial charge on any atom is 0.328 e. The zero-order chi connectivity index (χ0) is 18.4. The van der Waals surface area contributed by atoms with E-state index in [1.807, 2.05) is 13.8 Å². The van der Waals surface area contributed by atoms with Gasteiger partial charge < -0.3 is 10.1 Å². The van der Waals surface area contributed by atoms with Crippen LogP contribution in [0.5, 0.6) is 0 Å². The van der Waals surface area contributed by atoms with Crippen molar-refractivity contribution in [1.29, 1.82) is 0 Å². The normalized spacial score (nSPS) is 12.0. The highest BCUT2D eigenvalue weighted by Crippen LogP contribution is 2.24. The van der Waals surface area contributed by atoms with Crippen molar-refractivity contribution in [3.05, 3.63) is 41.2 Å². The summed E-state index contributed by atoms with van der Waals surface area (Å²) in [6, 6.07) is 5.38. The van der Waals surface area contributed by atoms with Crippen molar-refractivity contribution in [3.63, 3.8) is 0 Å². The third kappa shape index (κ3) is 5.63. The van der Waals surface area contributed by atoms with Gasteiger partial charge in [-0.25, -0.2) is 14.2 Å². The number of aromatic nitrogens is 1. The lowest BCUT2D eigenvalue weighted by Gasteiger charge is -2.18. The van der Waals surface area contributed by atoms with Crippen molar-refractivity contribution in [2.75, 3.05) is 7.11 Å². The first-order chi connectivity index (χ1) is 11.9. The fraction of sp³-hybridized carbons (Fsp3) is 0.389. The van der Waals surface area contributed by atoms with Crippen molar-refractivity contribution < 1.29 is 18.7 Å². The molecule has 7 heteroatoms. The summed E-state index contributed by atoms with van der Waals surface area (Å²) in [5.74, 6) is -0.799. The van der Waals surface area contributed by atoms with E-state index in [2.05, 4.69) is 10.3 Å². The molecule has 1 amide bonds. The van der Waals surface area contributed by atoms with Crippen molar-refractivity contribution in [1.82, 2.24) is 10.3 Å². The van der Waals surface area contributed by atoms with Crippen LogP contribution in [-0.2, 0) is 20.7 Å². The Labute approximate surface area is 150 Å². The van der Waals surface area contributed by atoms with Crippen molar-refractivity contribution >= 4 is 23.2 Å². The molecule has 1 aromatic carbocycles. The first-order valence-electron chi connectivity index (χ1n) is 7.96. The number of ether oxygens (including phenoxy) is 1. The zero-order valence-corrected chi connectivity index (χ0v) is 15.2. The van der Waals surface area contributed by atoms with Gasteiger partial charge in [-0.05, 0) is 36.6 Å². The lowest BCUT2D eigenvalue weighted by atomic mass is 10.0. The highest BCUT2D eigenvalue weighted by atomic mass is 32.1. The van der Waals surface area contributed by atoms with E-state index in [0.29, 0.717) is 12.1 Å². The van der Waals surface area contributed by atoms with E-state index in [4.69, 9.17) is 4.74 Å². The van der Waals surface area contributed by atoms with Gasteiger partial charge in [0.25, 0.3) is 0 Å². The van der Waals surface area contributed by atoms with Gasteiger partial charge >= 0.3 is 5.97 Å². The summed E-state index contributed by atoms with van der Waals surface area (Å²) in [5.41, 5.74) is 1.40. The summed E-state index contributed by atoms with van der Waals surface area (Å²) in [5, 5.41) is 5.21. The number of nitrogens with one attached hydrogen (secondary N) is 1. The smallest absolute Gasteiger partial charge is 0.328 e. The topological polar surface area (TPSA) is 68.3 Å². The molecular formula is C18H21FN2O3S. The quantitative estimate of drug-likeness (QED) is 0.766. The predicted octanol–water partition coefficient (Wildman–Crippen LogP) is 3.20. The second-order valence-electron chi connectivity index (χ2n) is 6.10. The molecule has 0 saturated heterocycles. The minimum atomic E-state index is -0.660. The van der Waals surface area contributed by atoms with E-state index in [1.54, 1.807) is 17.5 Å². The fourth-order valence-corrected chi connectivity index (χ4v) is 3.18. The lowest BCUT2D eigenvalue weighted by molar-refractivity contribution is -0.145. The number of amides is 1. The number of hydrogen-bond acceptors (Lipinski definition) is 5. The largest absolute Gasteiger partial charge is 0.467 e. The molecule has 0 fully saturated rings. The van der Waals surface area contributed by atoms with Gasteiger partial charge in [0, 0.05) is 10.9 Å². The number of carbonyl (C=O) groups excluding carboxylic acids is 2. The van der Waals surface area contributed by atoms with E-state index >= 15 is 0 Å². The molecule has 0 spiro atoms. The van der Waals surface area contributed by atoms with Gasteiger partial charge in [-0.3, -0.25) is 4.79 Å². The number of methoxy groups -OCH3 is 1. The van der Waals surface area contributed by atoms with E-state index in [0.717, 1.165) is 10.6 Å². The Balaban J connectivity index is 2.00. The predicted molar refractivity (Wildman–Crippen MR) is 94.6 cm³/mol. The van der Waals surface area contributed by atoms with E-state index in [1.165, 1.54) is 30.6 Å². The summed E-state index contributed by atoms with van der Waals surface area (Å²) < 4.78 is 17.7. The Morgan fingerprint density at radius 1 is 1.28 bits per heavy atom. The van der Waals surface area contributed by atoms with Gasteiger partial charge in [0.1, 0.15) is 16.9 Å². The SMILES string of the molecule is COC(=O)[C@H](CC(C)C)NC(=O)Cc1csc(-c2ccc(F)cc2)n1. The Morgan fingerprint density at radius 3 is 2.56 bits per heavy atom. The average molecular weight is 364 g/mol. The fourth-order valence-electron chi connectivity index (χ4n) is 2.35. The van der Waals surface area contributed by atoms with Gasteiger partial charge in [-0.1, -0.05) is 13.8 Å². The molecule has 2 rings (SSSR count). The molecule has 0 unspecified atom stereocenters. The minimum absolute atomic E-state index is 0.0727. The maximum absolute atomic E-state index is 13.0. The molecule has 0 radical (unpaired) electrons. The van der Waals surface area contributed by atoms with Crippen LogP contribution in [0.4, 0.5) is 4.39 Å². The molecule has 1 heterocycles. The van der Waals surface area contributed by atoms with E-state index < -0.39 is 12.0 Å². The molecule has 134 valence electrons. The molecule has 1 aromatic heterocycles. The molecule has 0 aliphatic heterocycles. The molecule has 1 atom stereocenters. The van der Waals surface area contributed by atoms with Crippen LogP contribution >= 0.6 is 11.3 Å². The van der Waals surface area contributed by atoms with Crippen LogP contribution in [0.1, 0.15) is 26.0 Å². The van der Waals surface area contributed by atoms with E-state index in [-0.39, 0.29) is 24.1 Å². The number of benzene rings is 1. The third-order valence-electron chi connectivity index (χ3n) is 3.51. The molecule has 2 aromatic rings. The monoisotopic (exact) mass is 364 g/mol. The minimum Gasteiger partial charge on any atom is -0.467 e. The molecule has 5 nitrogen and oxygen atoms in total. The van der Waals surface area contributed by atoms with Crippen LogP contribution in [0.2, 0.25) is 0 Å². The third-order valence-corrected chi connectivity index (χ3v) is 4.45. The molecule has 0 bridgehead atoms. The van der Waals surface area contributed by atoms with E-state index in [9.17, 15) is 14.0 Å². The Hall–Kier alpha value is -2.28. The number of thiazole rings is 1. The summed E-state index contributed by atoms with van der Waals surface area (Å²) in [6.07, 6.45) is 0.583. The summed E-state index contributed by atoms with van der Waals surface area (Å²) in [7, 11) is 1.30. The summed E-state index contributed by atoms with van der Waals surface area (Å²) in [4.78, 5) is 28.4. The summed E-state index contributed by atoms with van der Waals surface area (Å²) in [6.45, 7) is 3.94. The second kappa shape index (κ2) is 8.71. The Bertz CT molecular complexity index is 728. The van der Waals surface area contributed by atoms with Crippen LogP contribution in [0.3, 0.4) is 0 Å². The van der Waals surface area contributed by atoms with Crippen molar-refractivity contribution in [2.45, 2.75) is 32.7 Å². The Kier molecular flexibility index (Phi) is 6.64. The van der Waals surface area contributed by atoms with Crippen LogP contribution in [0.15, 0.2) is 29.6 Å². The number of nitrogens with zero attached hydrogens (tertiary/aromatic N) is 1. The number of hydrogen-bond donors (Lipinski definition) is 1. The molecule has 25 heavy (non-hydrogen) atoms. The van der Waals surface area contributed by atoms with Crippen LogP contribution in [0.25, 0.3) is 10.6 Å². The van der Waals surface area contributed by atoms with Crippen molar-refractivity contribution in [2.24, 2.45) is 5.92 Å². The number of carbonyl (C=O) groups is 2. The average Bonchev–Trinajstić information content (AvgIpc) is 3.02. The first kappa shape index (κ1) is 19.1. The number of rotatable bonds is 7. The molecule has 0 aliphatic rings. The maximum atomic E-state index is 13.0. The second-order valence-corrected chi connectivity index (χ2v) is 6.96. The Morgan fingerprint density at radius 2 is 1.96 bits per heavy atom. The van der Waals surface area contributed by atoms with Crippen LogP contribution in [0, 0.1) is 11.7 Å². The molecular weight excluding hydrogens is 343 g/mol. The molecule has 0 aliphatic carbocycles. The standard InChI is InChI=1S/C18H21FN2O3S/c1-11(2)8-15(18(23)24-3)21-16(22)9-14-10-25-17(20-14)12-4-6-13(19)7-5-12/h4-7,10-11,15H,8-9H2,1-3H3,(H,21,22)/t15-/m0/s1. The lowest BCUT2D eigenvalue weighted by Crippen LogP contribution is -2.43. The zero-order valence-electron chi connectivity index (χ0n) is 14.4. The van der Waals surface area contributed by atoms with Gasteiger partial charge in [-0.2, -0.15) is 0 Å². The highest BCUT2D eigenvalue weighted by molar-refractivity contribution is 7.13. The molecule has 0 saturated carbocycles. The first-order valence-corrected chi connectivity index (χ1v) is 8.84.